The summed E-state index contributed by atoms with van der Waals surface area (Å²) in [7, 11) is 0. The van der Waals surface area contributed by atoms with Gasteiger partial charge in [-0.1, -0.05) is 54.6 Å². The lowest BCUT2D eigenvalue weighted by atomic mass is 10.2. The number of carbonyl (C=O) groups excluding carboxylic acids is 1. The van der Waals surface area contributed by atoms with E-state index >= 15 is 0 Å². The normalized spacial score (nSPS) is 10.3. The van der Waals surface area contributed by atoms with Gasteiger partial charge >= 0.3 is 0 Å². The molecular formula is C29H27NO5. The quantitative estimate of drug-likeness (QED) is 0.264. The predicted molar refractivity (Wildman–Crippen MR) is 136 cm³/mol. The van der Waals surface area contributed by atoms with Gasteiger partial charge < -0.3 is 24.3 Å². The molecule has 0 saturated heterocycles. The van der Waals surface area contributed by atoms with Crippen LogP contribution in [0.4, 0.5) is 5.69 Å². The Hall–Kier alpha value is -4.45. The molecule has 0 fully saturated rings. The van der Waals surface area contributed by atoms with Crippen LogP contribution in [-0.2, 0) is 0 Å². The maximum atomic E-state index is 12.9. The van der Waals surface area contributed by atoms with Crippen molar-refractivity contribution in [1.82, 2.24) is 0 Å². The van der Waals surface area contributed by atoms with Crippen molar-refractivity contribution in [2.75, 3.05) is 31.7 Å². The summed E-state index contributed by atoms with van der Waals surface area (Å²) in [6.07, 6.45) is 0. The number of ether oxygens (including phenoxy) is 4. The van der Waals surface area contributed by atoms with Gasteiger partial charge in [-0.2, -0.15) is 0 Å². The molecule has 6 heteroatoms. The average Bonchev–Trinajstić information content (AvgIpc) is 2.91. The first-order valence-electron chi connectivity index (χ1n) is 11.4. The van der Waals surface area contributed by atoms with Gasteiger partial charge in [0.05, 0.1) is 5.56 Å². The topological polar surface area (TPSA) is 66.0 Å². The van der Waals surface area contributed by atoms with Crippen LogP contribution in [-0.4, -0.2) is 32.3 Å². The van der Waals surface area contributed by atoms with E-state index in [2.05, 4.69) is 5.32 Å². The van der Waals surface area contributed by atoms with Gasteiger partial charge in [0.15, 0.2) is 0 Å². The molecule has 1 N–H and O–H groups in total. The van der Waals surface area contributed by atoms with Crippen LogP contribution in [0.5, 0.6) is 23.0 Å². The highest BCUT2D eigenvalue weighted by Crippen LogP contribution is 2.22. The molecule has 4 aromatic carbocycles. The third kappa shape index (κ3) is 7.54. The first-order chi connectivity index (χ1) is 17.3. The van der Waals surface area contributed by atoms with Crippen molar-refractivity contribution in [2.24, 2.45) is 0 Å². The first kappa shape index (κ1) is 23.7. The van der Waals surface area contributed by atoms with E-state index < -0.39 is 0 Å². The number of rotatable bonds is 12. The van der Waals surface area contributed by atoms with Gasteiger partial charge in [0.2, 0.25) is 0 Å². The molecule has 0 aromatic heterocycles. The molecular weight excluding hydrogens is 442 g/mol. The lowest BCUT2D eigenvalue weighted by Gasteiger charge is -2.13. The molecule has 1 amide bonds. The van der Waals surface area contributed by atoms with E-state index in [1.807, 2.05) is 84.9 Å². The van der Waals surface area contributed by atoms with Crippen LogP contribution in [0.3, 0.4) is 0 Å². The molecule has 0 aliphatic carbocycles. The molecule has 0 saturated carbocycles. The second-order valence-electron chi connectivity index (χ2n) is 7.50. The summed E-state index contributed by atoms with van der Waals surface area (Å²) in [4.78, 5) is 12.9. The van der Waals surface area contributed by atoms with Gasteiger partial charge in [0.1, 0.15) is 49.4 Å². The molecule has 0 bridgehead atoms. The summed E-state index contributed by atoms with van der Waals surface area (Å²) in [6, 6.07) is 33.5. The van der Waals surface area contributed by atoms with Crippen LogP contribution in [0.2, 0.25) is 0 Å². The molecule has 4 aromatic rings. The molecule has 0 heterocycles. The smallest absolute Gasteiger partial charge is 0.259 e. The Kier molecular flexibility index (Phi) is 8.60. The zero-order valence-electron chi connectivity index (χ0n) is 19.3. The number of amides is 1. The highest BCUT2D eigenvalue weighted by molar-refractivity contribution is 6.06. The standard InChI is InChI=1S/C29H27NO5/c31-29(27-16-7-8-17-28(27)35-21-20-33-25-13-5-2-6-14-25)30-23-10-9-15-26(22-23)34-19-18-32-24-11-3-1-4-12-24/h1-17,22H,18-21H2,(H,30,31). The summed E-state index contributed by atoms with van der Waals surface area (Å²) in [5.41, 5.74) is 1.06. The van der Waals surface area contributed by atoms with Gasteiger partial charge in [-0.15, -0.1) is 0 Å². The van der Waals surface area contributed by atoms with Crippen LogP contribution in [0.25, 0.3) is 0 Å². The molecule has 0 unspecified atom stereocenters. The number of benzene rings is 4. The van der Waals surface area contributed by atoms with Gasteiger partial charge in [0.25, 0.3) is 5.91 Å². The van der Waals surface area contributed by atoms with Crippen LogP contribution in [0.1, 0.15) is 10.4 Å². The minimum Gasteiger partial charge on any atom is -0.490 e. The first-order valence-corrected chi connectivity index (χ1v) is 11.4. The Morgan fingerprint density at radius 1 is 0.543 bits per heavy atom. The van der Waals surface area contributed by atoms with Crippen molar-refractivity contribution in [2.45, 2.75) is 0 Å². The van der Waals surface area contributed by atoms with E-state index in [-0.39, 0.29) is 5.91 Å². The van der Waals surface area contributed by atoms with Crippen molar-refractivity contribution in [3.05, 3.63) is 115 Å². The van der Waals surface area contributed by atoms with Gasteiger partial charge in [-0.05, 0) is 48.5 Å². The Morgan fingerprint density at radius 3 is 1.71 bits per heavy atom. The fourth-order valence-corrected chi connectivity index (χ4v) is 3.31. The van der Waals surface area contributed by atoms with E-state index in [4.69, 9.17) is 18.9 Å². The lowest BCUT2D eigenvalue weighted by molar-refractivity contribution is 0.102. The lowest BCUT2D eigenvalue weighted by Crippen LogP contribution is -2.16. The molecule has 0 spiro atoms. The Balaban J connectivity index is 1.27. The van der Waals surface area contributed by atoms with Gasteiger partial charge in [0, 0.05) is 11.8 Å². The largest absolute Gasteiger partial charge is 0.490 e. The zero-order valence-corrected chi connectivity index (χ0v) is 19.3. The van der Waals surface area contributed by atoms with Crippen molar-refractivity contribution in [3.63, 3.8) is 0 Å². The van der Waals surface area contributed by atoms with E-state index in [0.717, 1.165) is 11.5 Å². The Bertz CT molecular complexity index is 1200. The van der Waals surface area contributed by atoms with Crippen molar-refractivity contribution >= 4 is 11.6 Å². The minimum absolute atomic E-state index is 0.269. The molecule has 35 heavy (non-hydrogen) atoms. The summed E-state index contributed by atoms with van der Waals surface area (Å²) >= 11 is 0. The highest BCUT2D eigenvalue weighted by atomic mass is 16.5. The number of para-hydroxylation sites is 3. The molecule has 0 aliphatic heterocycles. The number of nitrogens with one attached hydrogen (secondary N) is 1. The van der Waals surface area contributed by atoms with E-state index in [0.29, 0.717) is 49.2 Å². The van der Waals surface area contributed by atoms with E-state index in [9.17, 15) is 4.79 Å². The number of carbonyl (C=O) groups is 1. The molecule has 4 rings (SSSR count). The number of hydrogen-bond acceptors (Lipinski definition) is 5. The van der Waals surface area contributed by atoms with Crippen LogP contribution < -0.4 is 24.3 Å². The predicted octanol–water partition coefficient (Wildman–Crippen LogP) is 5.85. The third-order valence-electron chi connectivity index (χ3n) is 4.94. The van der Waals surface area contributed by atoms with Crippen LogP contribution in [0.15, 0.2) is 109 Å². The van der Waals surface area contributed by atoms with Crippen LogP contribution >= 0.6 is 0 Å². The zero-order chi connectivity index (χ0) is 24.1. The summed E-state index contributed by atoms with van der Waals surface area (Å²) in [6.45, 7) is 1.48. The number of anilines is 1. The maximum absolute atomic E-state index is 12.9. The maximum Gasteiger partial charge on any atom is 0.259 e. The average molecular weight is 470 g/mol. The van der Waals surface area contributed by atoms with Crippen molar-refractivity contribution < 1.29 is 23.7 Å². The Morgan fingerprint density at radius 2 is 1.06 bits per heavy atom. The van der Waals surface area contributed by atoms with Crippen molar-refractivity contribution in [3.8, 4) is 23.0 Å². The van der Waals surface area contributed by atoms with E-state index in [1.165, 1.54) is 0 Å². The van der Waals surface area contributed by atoms with Gasteiger partial charge in [-0.25, -0.2) is 0 Å². The van der Waals surface area contributed by atoms with Gasteiger partial charge in [-0.3, -0.25) is 4.79 Å². The molecule has 0 aliphatic rings. The third-order valence-corrected chi connectivity index (χ3v) is 4.94. The summed E-state index contributed by atoms with van der Waals surface area (Å²) in [5, 5.41) is 2.91. The monoisotopic (exact) mass is 469 g/mol. The fourth-order valence-electron chi connectivity index (χ4n) is 3.31. The van der Waals surface area contributed by atoms with Crippen LogP contribution in [0, 0.1) is 0 Å². The molecule has 0 atom stereocenters. The second kappa shape index (κ2) is 12.7. The van der Waals surface area contributed by atoms with Crippen molar-refractivity contribution in [1.29, 1.82) is 0 Å². The Labute approximate surface area is 205 Å². The molecule has 0 radical (unpaired) electrons. The summed E-state index contributed by atoms with van der Waals surface area (Å²) in [5.74, 6) is 2.43. The SMILES string of the molecule is O=C(Nc1cccc(OCCOc2ccccc2)c1)c1ccccc1OCCOc1ccccc1. The molecule has 6 nitrogen and oxygen atoms in total. The molecule has 178 valence electrons. The minimum atomic E-state index is -0.269. The van der Waals surface area contributed by atoms with E-state index in [1.54, 1.807) is 24.3 Å². The summed E-state index contributed by atoms with van der Waals surface area (Å²) < 4.78 is 22.9. The highest BCUT2D eigenvalue weighted by Gasteiger charge is 2.13. The fraction of sp³-hybridized carbons (Fsp3) is 0.138. The number of hydrogen-bond donors (Lipinski definition) is 1. The second-order valence-corrected chi connectivity index (χ2v) is 7.50.